The van der Waals surface area contributed by atoms with E-state index in [1.807, 2.05) is 12.1 Å². The van der Waals surface area contributed by atoms with E-state index < -0.39 is 0 Å². The van der Waals surface area contributed by atoms with E-state index in [1.54, 1.807) is 6.07 Å². The van der Waals surface area contributed by atoms with E-state index >= 15 is 0 Å². The van der Waals surface area contributed by atoms with Gasteiger partial charge in [-0.15, -0.1) is 0 Å². The number of nitrogens with one attached hydrogen (secondary N) is 1. The van der Waals surface area contributed by atoms with Crippen molar-refractivity contribution in [3.8, 4) is 0 Å². The fourth-order valence-electron chi connectivity index (χ4n) is 1.63. The second-order valence-corrected chi connectivity index (χ2v) is 3.86. The van der Waals surface area contributed by atoms with Crippen LogP contribution in [0, 0.1) is 5.92 Å². The number of hydrogen-bond donors (Lipinski definition) is 2. The summed E-state index contributed by atoms with van der Waals surface area (Å²) < 4.78 is 0. The van der Waals surface area contributed by atoms with E-state index in [0.29, 0.717) is 18.0 Å². The van der Waals surface area contributed by atoms with Crippen LogP contribution in [0.4, 0.5) is 5.69 Å². The van der Waals surface area contributed by atoms with E-state index in [0.717, 1.165) is 11.3 Å². The average molecular weight is 211 g/mol. The third kappa shape index (κ3) is 1.61. The lowest BCUT2D eigenvalue weighted by Gasteiger charge is -2.23. The van der Waals surface area contributed by atoms with Crippen LogP contribution in [-0.4, -0.2) is 12.5 Å². The van der Waals surface area contributed by atoms with Gasteiger partial charge in [-0.1, -0.05) is 17.7 Å². The number of benzene rings is 1. The zero-order chi connectivity index (χ0) is 10.1. The summed E-state index contributed by atoms with van der Waals surface area (Å²) in [5, 5.41) is 3.43. The smallest absolute Gasteiger partial charge is 0.229 e. The predicted octanol–water partition coefficient (Wildman–Crippen LogP) is 1.41. The van der Waals surface area contributed by atoms with Crippen LogP contribution in [-0.2, 0) is 11.2 Å². The van der Waals surface area contributed by atoms with Crippen LogP contribution in [0.5, 0.6) is 0 Å². The molecule has 1 aromatic rings. The second-order valence-electron chi connectivity index (χ2n) is 3.43. The van der Waals surface area contributed by atoms with Crippen molar-refractivity contribution in [1.29, 1.82) is 0 Å². The van der Waals surface area contributed by atoms with Gasteiger partial charge in [0, 0.05) is 17.3 Å². The van der Waals surface area contributed by atoms with Crippen molar-refractivity contribution in [1.82, 2.24) is 0 Å². The molecule has 1 atom stereocenters. The number of carbonyl (C=O) groups is 1. The molecule has 2 rings (SSSR count). The summed E-state index contributed by atoms with van der Waals surface area (Å²) in [6, 6.07) is 5.52. The molecule has 0 bridgehead atoms. The number of anilines is 1. The Hall–Kier alpha value is -1.06. The van der Waals surface area contributed by atoms with Crippen LogP contribution in [0.2, 0.25) is 5.02 Å². The molecule has 0 spiro atoms. The lowest BCUT2D eigenvalue weighted by molar-refractivity contribution is -0.119. The number of carbonyl (C=O) groups excluding carboxylic acids is 1. The van der Waals surface area contributed by atoms with E-state index in [1.165, 1.54) is 0 Å². The van der Waals surface area contributed by atoms with Gasteiger partial charge in [0.05, 0.1) is 5.92 Å². The highest BCUT2D eigenvalue weighted by molar-refractivity contribution is 6.31. The summed E-state index contributed by atoms with van der Waals surface area (Å²) in [6.07, 6.45) is 0.703. The van der Waals surface area contributed by atoms with Gasteiger partial charge < -0.3 is 11.1 Å². The van der Waals surface area contributed by atoms with Crippen molar-refractivity contribution in [3.05, 3.63) is 28.8 Å². The zero-order valence-corrected chi connectivity index (χ0v) is 8.34. The largest absolute Gasteiger partial charge is 0.330 e. The Bertz CT molecular complexity index is 378. The number of nitrogens with two attached hydrogens (primary N) is 1. The normalized spacial score (nSPS) is 20.1. The van der Waals surface area contributed by atoms with Crippen molar-refractivity contribution >= 4 is 23.2 Å². The molecule has 3 nitrogen and oxygen atoms in total. The van der Waals surface area contributed by atoms with Gasteiger partial charge in [-0.2, -0.15) is 0 Å². The first kappa shape index (κ1) is 9.49. The fourth-order valence-corrected chi connectivity index (χ4v) is 1.80. The van der Waals surface area contributed by atoms with E-state index in [2.05, 4.69) is 5.32 Å². The Morgan fingerprint density at radius 3 is 3.07 bits per heavy atom. The molecular formula is C10H11ClN2O. The highest BCUT2D eigenvalue weighted by atomic mass is 35.5. The quantitative estimate of drug-likeness (QED) is 0.737. The minimum absolute atomic E-state index is 0.0118. The first-order valence-corrected chi connectivity index (χ1v) is 4.88. The molecule has 1 amide bonds. The van der Waals surface area contributed by atoms with Crippen LogP contribution >= 0.6 is 11.6 Å². The van der Waals surface area contributed by atoms with Gasteiger partial charge in [-0.25, -0.2) is 0 Å². The maximum absolute atomic E-state index is 11.5. The molecule has 4 heteroatoms. The van der Waals surface area contributed by atoms with Crippen LogP contribution in [0.1, 0.15) is 5.56 Å². The van der Waals surface area contributed by atoms with E-state index in [4.69, 9.17) is 17.3 Å². The molecule has 1 aliphatic rings. The predicted molar refractivity (Wildman–Crippen MR) is 56.3 cm³/mol. The minimum atomic E-state index is -0.108. The monoisotopic (exact) mass is 210 g/mol. The standard InChI is InChI=1S/C10H11ClN2O/c11-8-2-1-6-3-7(5-12)10(14)13-9(6)4-8/h1-2,4,7H,3,5,12H2,(H,13,14). The molecule has 1 unspecified atom stereocenters. The van der Waals surface area contributed by atoms with Crippen molar-refractivity contribution < 1.29 is 4.79 Å². The molecule has 1 heterocycles. The minimum Gasteiger partial charge on any atom is -0.330 e. The Morgan fingerprint density at radius 2 is 2.36 bits per heavy atom. The van der Waals surface area contributed by atoms with Gasteiger partial charge in [0.1, 0.15) is 0 Å². The zero-order valence-electron chi connectivity index (χ0n) is 7.59. The van der Waals surface area contributed by atoms with Crippen molar-refractivity contribution in [3.63, 3.8) is 0 Å². The number of amides is 1. The van der Waals surface area contributed by atoms with Crippen molar-refractivity contribution in [2.75, 3.05) is 11.9 Å². The molecule has 0 saturated carbocycles. The van der Waals surface area contributed by atoms with E-state index in [9.17, 15) is 4.79 Å². The van der Waals surface area contributed by atoms with Crippen LogP contribution in [0.25, 0.3) is 0 Å². The van der Waals surface area contributed by atoms with Crippen molar-refractivity contribution in [2.45, 2.75) is 6.42 Å². The summed E-state index contributed by atoms with van der Waals surface area (Å²) in [5.41, 5.74) is 7.41. The summed E-state index contributed by atoms with van der Waals surface area (Å²) >= 11 is 5.82. The SMILES string of the molecule is NCC1Cc2ccc(Cl)cc2NC1=O. The summed E-state index contributed by atoms with van der Waals surface area (Å²) in [7, 11) is 0. The lowest BCUT2D eigenvalue weighted by atomic mass is 9.93. The van der Waals surface area contributed by atoms with Gasteiger partial charge in [-0.05, 0) is 24.1 Å². The van der Waals surface area contributed by atoms with Gasteiger partial charge >= 0.3 is 0 Å². The second kappa shape index (κ2) is 3.59. The lowest BCUT2D eigenvalue weighted by Crippen LogP contribution is -2.34. The topological polar surface area (TPSA) is 55.1 Å². The molecule has 0 aromatic heterocycles. The molecule has 3 N–H and O–H groups in total. The summed E-state index contributed by atoms with van der Waals surface area (Å²) in [4.78, 5) is 11.5. The Morgan fingerprint density at radius 1 is 1.57 bits per heavy atom. The highest BCUT2D eigenvalue weighted by Crippen LogP contribution is 2.27. The van der Waals surface area contributed by atoms with Crippen LogP contribution in [0.15, 0.2) is 18.2 Å². The summed E-state index contributed by atoms with van der Waals surface area (Å²) in [6.45, 7) is 0.383. The molecule has 0 aliphatic carbocycles. The first-order chi connectivity index (χ1) is 6.70. The number of halogens is 1. The molecule has 0 radical (unpaired) electrons. The average Bonchev–Trinajstić information content (AvgIpc) is 2.16. The van der Waals surface area contributed by atoms with Crippen molar-refractivity contribution in [2.24, 2.45) is 11.7 Å². The van der Waals surface area contributed by atoms with Crippen LogP contribution in [0.3, 0.4) is 0 Å². The molecule has 0 fully saturated rings. The van der Waals surface area contributed by atoms with Gasteiger partial charge in [0.15, 0.2) is 0 Å². The maximum atomic E-state index is 11.5. The summed E-state index contributed by atoms with van der Waals surface area (Å²) in [5.74, 6) is -0.119. The molecular weight excluding hydrogens is 200 g/mol. The molecule has 14 heavy (non-hydrogen) atoms. The first-order valence-electron chi connectivity index (χ1n) is 4.50. The Kier molecular flexibility index (Phi) is 2.44. The molecule has 1 aromatic carbocycles. The number of fused-ring (bicyclic) bond motifs is 1. The highest BCUT2D eigenvalue weighted by Gasteiger charge is 2.24. The Balaban J connectivity index is 2.35. The van der Waals surface area contributed by atoms with E-state index in [-0.39, 0.29) is 11.8 Å². The third-order valence-corrected chi connectivity index (χ3v) is 2.69. The molecule has 1 aliphatic heterocycles. The van der Waals surface area contributed by atoms with Gasteiger partial charge in [0.2, 0.25) is 5.91 Å². The third-order valence-electron chi connectivity index (χ3n) is 2.45. The number of rotatable bonds is 1. The molecule has 74 valence electrons. The Labute approximate surface area is 87.2 Å². The molecule has 0 saturated heterocycles. The van der Waals surface area contributed by atoms with Crippen LogP contribution < -0.4 is 11.1 Å². The maximum Gasteiger partial charge on any atom is 0.229 e. The number of hydrogen-bond acceptors (Lipinski definition) is 2. The van der Waals surface area contributed by atoms with Gasteiger partial charge in [0.25, 0.3) is 0 Å². The van der Waals surface area contributed by atoms with Gasteiger partial charge in [-0.3, -0.25) is 4.79 Å². The fraction of sp³-hybridized carbons (Fsp3) is 0.300.